The maximum absolute atomic E-state index is 12.4. The third kappa shape index (κ3) is 3.59. The monoisotopic (exact) mass is 290 g/mol. The highest BCUT2D eigenvalue weighted by atomic mass is 32.2. The highest BCUT2D eigenvalue weighted by Crippen LogP contribution is 2.20. The zero-order valence-electron chi connectivity index (χ0n) is 11.1. The van der Waals surface area contributed by atoms with Crippen molar-refractivity contribution in [2.75, 3.05) is 16.6 Å². The van der Waals surface area contributed by atoms with Crippen LogP contribution in [-0.4, -0.2) is 20.7 Å². The molecule has 2 N–H and O–H groups in total. The summed E-state index contributed by atoms with van der Waals surface area (Å²) in [5, 5.41) is 0. The predicted octanol–water partition coefficient (Wildman–Crippen LogP) is 1.98. The molecule has 0 heterocycles. The maximum Gasteiger partial charge on any atom is 0.236 e. The molecule has 0 bridgehead atoms. The molecule has 0 aromatic heterocycles. The second-order valence-electron chi connectivity index (χ2n) is 4.43. The first-order chi connectivity index (χ1) is 9.63. The Bertz CT molecular complexity index is 627. The van der Waals surface area contributed by atoms with Gasteiger partial charge in [0.1, 0.15) is 0 Å². The van der Waals surface area contributed by atoms with Gasteiger partial charge in [-0.2, -0.15) is 0 Å². The molecule has 0 saturated heterocycles. The molecule has 106 valence electrons. The minimum absolute atomic E-state index is 0.0608. The lowest BCUT2D eigenvalue weighted by Crippen LogP contribution is -2.34. The summed E-state index contributed by atoms with van der Waals surface area (Å²) < 4.78 is 26.2. The fraction of sp³-hybridized carbons (Fsp3) is 0.200. The number of nitrogens with zero attached hydrogens (tertiary/aromatic N) is 1. The van der Waals surface area contributed by atoms with Crippen molar-refractivity contribution < 1.29 is 8.42 Å². The Hall–Kier alpha value is -1.85. The number of sulfonamides is 1. The molecule has 0 atom stereocenters. The number of hydrogen-bond donors (Lipinski definition) is 1. The van der Waals surface area contributed by atoms with E-state index in [2.05, 4.69) is 0 Å². The highest BCUT2D eigenvalue weighted by molar-refractivity contribution is 7.92. The summed E-state index contributed by atoms with van der Waals surface area (Å²) in [7, 11) is -3.42. The molecule has 0 radical (unpaired) electrons. The van der Waals surface area contributed by atoms with Gasteiger partial charge in [-0.15, -0.1) is 0 Å². The summed E-state index contributed by atoms with van der Waals surface area (Å²) in [6, 6.07) is 18.6. The van der Waals surface area contributed by atoms with Crippen LogP contribution in [0.5, 0.6) is 0 Å². The molecule has 0 fully saturated rings. The van der Waals surface area contributed by atoms with Crippen molar-refractivity contribution in [1.82, 2.24) is 0 Å². The molecule has 20 heavy (non-hydrogen) atoms. The first-order valence-electron chi connectivity index (χ1n) is 6.43. The number of rotatable bonds is 6. The largest absolute Gasteiger partial charge is 0.329 e. The summed E-state index contributed by atoms with van der Waals surface area (Å²) >= 11 is 0. The topological polar surface area (TPSA) is 63.4 Å². The quantitative estimate of drug-likeness (QED) is 0.885. The van der Waals surface area contributed by atoms with Gasteiger partial charge < -0.3 is 5.73 Å². The van der Waals surface area contributed by atoms with Crippen LogP contribution in [0.2, 0.25) is 0 Å². The molecule has 2 aromatic rings. The zero-order valence-corrected chi connectivity index (χ0v) is 12.0. The van der Waals surface area contributed by atoms with Gasteiger partial charge in [0.2, 0.25) is 10.0 Å². The van der Waals surface area contributed by atoms with E-state index in [9.17, 15) is 8.42 Å². The van der Waals surface area contributed by atoms with Crippen molar-refractivity contribution >= 4 is 15.7 Å². The third-order valence-corrected chi connectivity index (χ3v) is 4.69. The minimum Gasteiger partial charge on any atom is -0.329 e. The SMILES string of the molecule is NCCS(=O)(=O)N(Cc1ccccc1)c1ccccc1. The van der Waals surface area contributed by atoms with E-state index in [1.54, 1.807) is 12.1 Å². The smallest absolute Gasteiger partial charge is 0.236 e. The van der Waals surface area contributed by atoms with E-state index in [0.29, 0.717) is 12.2 Å². The summed E-state index contributed by atoms with van der Waals surface area (Å²) in [5.41, 5.74) is 7.02. The van der Waals surface area contributed by atoms with Crippen LogP contribution in [0.15, 0.2) is 60.7 Å². The Labute approximate surface area is 119 Å². The Morgan fingerprint density at radius 2 is 1.45 bits per heavy atom. The van der Waals surface area contributed by atoms with Crippen molar-refractivity contribution in [1.29, 1.82) is 0 Å². The maximum atomic E-state index is 12.4. The van der Waals surface area contributed by atoms with Crippen LogP contribution in [0, 0.1) is 0 Å². The van der Waals surface area contributed by atoms with E-state index in [1.807, 2.05) is 48.5 Å². The molecule has 0 saturated carbocycles. The van der Waals surface area contributed by atoms with Crippen LogP contribution in [0.25, 0.3) is 0 Å². The molecule has 4 nitrogen and oxygen atoms in total. The summed E-state index contributed by atoms with van der Waals surface area (Å²) in [6.45, 7) is 0.424. The summed E-state index contributed by atoms with van der Waals surface area (Å²) in [6.07, 6.45) is 0. The first-order valence-corrected chi connectivity index (χ1v) is 8.04. The van der Waals surface area contributed by atoms with Crippen molar-refractivity contribution in [3.63, 3.8) is 0 Å². The first kappa shape index (κ1) is 14.6. The number of benzene rings is 2. The van der Waals surface area contributed by atoms with Crippen LogP contribution < -0.4 is 10.0 Å². The molecule has 0 aliphatic carbocycles. The van der Waals surface area contributed by atoms with Crippen molar-refractivity contribution in [2.45, 2.75) is 6.54 Å². The zero-order chi connectivity index (χ0) is 14.4. The van der Waals surface area contributed by atoms with Gasteiger partial charge in [0.25, 0.3) is 0 Å². The lowest BCUT2D eigenvalue weighted by Gasteiger charge is -2.24. The second kappa shape index (κ2) is 6.54. The molecule has 2 aromatic carbocycles. The molecular formula is C15H18N2O2S. The summed E-state index contributed by atoms with van der Waals surface area (Å²) in [5.74, 6) is -0.0608. The molecule has 5 heteroatoms. The van der Waals surface area contributed by atoms with Gasteiger partial charge in [-0.1, -0.05) is 48.5 Å². The van der Waals surface area contributed by atoms with E-state index < -0.39 is 10.0 Å². The van der Waals surface area contributed by atoms with Gasteiger partial charge in [-0.25, -0.2) is 8.42 Å². The summed E-state index contributed by atoms with van der Waals surface area (Å²) in [4.78, 5) is 0. The molecule has 0 amide bonds. The second-order valence-corrected chi connectivity index (χ2v) is 6.45. The van der Waals surface area contributed by atoms with Crippen molar-refractivity contribution in [3.8, 4) is 0 Å². The highest BCUT2D eigenvalue weighted by Gasteiger charge is 2.21. The van der Waals surface area contributed by atoms with E-state index >= 15 is 0 Å². The lowest BCUT2D eigenvalue weighted by molar-refractivity contribution is 0.590. The van der Waals surface area contributed by atoms with Crippen LogP contribution in [-0.2, 0) is 16.6 Å². The van der Waals surface area contributed by atoms with Gasteiger partial charge in [0, 0.05) is 6.54 Å². The van der Waals surface area contributed by atoms with Gasteiger partial charge >= 0.3 is 0 Å². The molecule has 0 unspecified atom stereocenters. The number of para-hydroxylation sites is 1. The molecule has 0 aliphatic rings. The Balaban J connectivity index is 2.35. The van der Waals surface area contributed by atoms with E-state index in [4.69, 9.17) is 5.73 Å². The van der Waals surface area contributed by atoms with Crippen LogP contribution in [0.3, 0.4) is 0 Å². The average Bonchev–Trinajstić information content (AvgIpc) is 2.46. The standard InChI is InChI=1S/C15H18N2O2S/c16-11-12-20(18,19)17(15-9-5-2-6-10-15)13-14-7-3-1-4-8-14/h1-10H,11-13,16H2. The molecule has 2 rings (SSSR count). The Morgan fingerprint density at radius 1 is 0.900 bits per heavy atom. The number of anilines is 1. The minimum atomic E-state index is -3.42. The van der Waals surface area contributed by atoms with Gasteiger partial charge in [0.15, 0.2) is 0 Å². The normalized spacial score (nSPS) is 11.2. The average molecular weight is 290 g/mol. The number of nitrogens with two attached hydrogens (primary N) is 1. The molecule has 0 spiro atoms. The van der Waals surface area contributed by atoms with Gasteiger partial charge in [0.05, 0.1) is 18.0 Å². The van der Waals surface area contributed by atoms with E-state index in [1.165, 1.54) is 4.31 Å². The van der Waals surface area contributed by atoms with E-state index in [-0.39, 0.29) is 12.3 Å². The van der Waals surface area contributed by atoms with Crippen LogP contribution >= 0.6 is 0 Å². The fourth-order valence-corrected chi connectivity index (χ4v) is 3.26. The fourth-order valence-electron chi connectivity index (χ4n) is 1.95. The van der Waals surface area contributed by atoms with Crippen molar-refractivity contribution in [3.05, 3.63) is 66.2 Å². The predicted molar refractivity (Wildman–Crippen MR) is 81.9 cm³/mol. The molecular weight excluding hydrogens is 272 g/mol. The van der Waals surface area contributed by atoms with Gasteiger partial charge in [-0.3, -0.25) is 4.31 Å². The van der Waals surface area contributed by atoms with E-state index in [0.717, 1.165) is 5.56 Å². The van der Waals surface area contributed by atoms with Crippen molar-refractivity contribution in [2.24, 2.45) is 5.73 Å². The third-order valence-electron chi connectivity index (χ3n) is 2.92. The molecule has 0 aliphatic heterocycles. The number of hydrogen-bond acceptors (Lipinski definition) is 3. The van der Waals surface area contributed by atoms with Crippen LogP contribution in [0.1, 0.15) is 5.56 Å². The Kier molecular flexibility index (Phi) is 4.76. The lowest BCUT2D eigenvalue weighted by atomic mass is 10.2. The Morgan fingerprint density at radius 3 is 2.00 bits per heavy atom. The van der Waals surface area contributed by atoms with Crippen LogP contribution in [0.4, 0.5) is 5.69 Å². The van der Waals surface area contributed by atoms with Gasteiger partial charge in [-0.05, 0) is 17.7 Å².